The van der Waals surface area contributed by atoms with E-state index in [1.165, 1.54) is 6.20 Å². The highest BCUT2D eigenvalue weighted by molar-refractivity contribution is 6.30. The molecule has 1 saturated carbocycles. The molecule has 0 aliphatic heterocycles. The van der Waals surface area contributed by atoms with Gasteiger partial charge in [0.25, 0.3) is 5.91 Å². The van der Waals surface area contributed by atoms with Gasteiger partial charge in [0.15, 0.2) is 0 Å². The Kier molecular flexibility index (Phi) is 5.27. The first-order valence-corrected chi connectivity index (χ1v) is 7.28. The number of nitrogens with two attached hydrogens (primary N) is 1. The van der Waals surface area contributed by atoms with Gasteiger partial charge in [-0.3, -0.25) is 4.79 Å². The lowest BCUT2D eigenvalue weighted by atomic mass is 10.2. The Morgan fingerprint density at radius 2 is 1.91 bits per heavy atom. The zero-order valence-corrected chi connectivity index (χ0v) is 13.5. The number of hydrogen-bond acceptors (Lipinski definition) is 3. The summed E-state index contributed by atoms with van der Waals surface area (Å²) in [5.74, 6) is -0.0487. The molecule has 2 aromatic rings. The molecule has 1 aliphatic rings. The number of carbonyl (C=O) groups excluding carboxylic acids is 1. The summed E-state index contributed by atoms with van der Waals surface area (Å²) in [6.07, 6.45) is 3.61. The molecule has 0 spiro atoms. The summed E-state index contributed by atoms with van der Waals surface area (Å²) in [5.41, 5.74) is 7.67. The second-order valence-corrected chi connectivity index (χ2v) is 5.70. The highest BCUT2D eigenvalue weighted by Crippen LogP contribution is 2.29. The van der Waals surface area contributed by atoms with Crippen molar-refractivity contribution in [1.82, 2.24) is 9.88 Å². The molecule has 2 N–H and O–H groups in total. The van der Waals surface area contributed by atoms with Crippen molar-refractivity contribution in [2.75, 3.05) is 5.73 Å². The molecule has 1 aromatic carbocycles. The van der Waals surface area contributed by atoms with Crippen LogP contribution >= 0.6 is 24.0 Å². The molecule has 116 valence electrons. The maximum absolute atomic E-state index is 12.6. The Morgan fingerprint density at radius 3 is 2.45 bits per heavy atom. The van der Waals surface area contributed by atoms with Crippen molar-refractivity contribution in [2.24, 2.45) is 0 Å². The average molecular weight is 338 g/mol. The summed E-state index contributed by atoms with van der Waals surface area (Å²) in [7, 11) is 0. The Hall–Kier alpha value is -1.78. The van der Waals surface area contributed by atoms with Crippen LogP contribution < -0.4 is 5.73 Å². The fraction of sp³-hybridized carbons (Fsp3) is 0.250. The molecular weight excluding hydrogens is 321 g/mol. The summed E-state index contributed by atoms with van der Waals surface area (Å²) in [5, 5.41) is 0.697. The second-order valence-electron chi connectivity index (χ2n) is 5.27. The molecule has 0 atom stereocenters. The van der Waals surface area contributed by atoms with Crippen LogP contribution in [0.1, 0.15) is 28.9 Å². The van der Waals surface area contributed by atoms with Crippen LogP contribution in [0.4, 0.5) is 5.69 Å². The van der Waals surface area contributed by atoms with Gasteiger partial charge in [-0.1, -0.05) is 23.7 Å². The smallest absolute Gasteiger partial charge is 0.272 e. The molecule has 1 amide bonds. The first-order chi connectivity index (χ1) is 10.1. The number of pyridine rings is 1. The minimum Gasteiger partial charge on any atom is -0.397 e. The van der Waals surface area contributed by atoms with E-state index < -0.39 is 0 Å². The van der Waals surface area contributed by atoms with Crippen LogP contribution in [-0.4, -0.2) is 21.8 Å². The third-order valence-electron chi connectivity index (χ3n) is 3.52. The third kappa shape index (κ3) is 3.90. The van der Waals surface area contributed by atoms with E-state index in [0.29, 0.717) is 29.0 Å². The molecule has 1 fully saturated rings. The third-order valence-corrected chi connectivity index (χ3v) is 3.77. The highest BCUT2D eigenvalue weighted by Gasteiger charge is 2.33. The molecule has 1 aromatic heterocycles. The molecule has 1 heterocycles. The summed E-state index contributed by atoms with van der Waals surface area (Å²) in [6, 6.07) is 11.3. The van der Waals surface area contributed by atoms with E-state index >= 15 is 0 Å². The van der Waals surface area contributed by atoms with E-state index in [9.17, 15) is 4.79 Å². The summed E-state index contributed by atoms with van der Waals surface area (Å²) >= 11 is 5.89. The highest BCUT2D eigenvalue weighted by atomic mass is 35.5. The topological polar surface area (TPSA) is 59.2 Å². The van der Waals surface area contributed by atoms with Crippen LogP contribution in [0.15, 0.2) is 42.6 Å². The number of anilines is 1. The van der Waals surface area contributed by atoms with Gasteiger partial charge in [0.2, 0.25) is 0 Å². The quantitative estimate of drug-likeness (QED) is 0.928. The zero-order valence-electron chi connectivity index (χ0n) is 11.9. The maximum atomic E-state index is 12.6. The van der Waals surface area contributed by atoms with Crippen molar-refractivity contribution in [2.45, 2.75) is 25.4 Å². The van der Waals surface area contributed by atoms with Crippen molar-refractivity contribution in [3.63, 3.8) is 0 Å². The van der Waals surface area contributed by atoms with Gasteiger partial charge in [0.1, 0.15) is 5.69 Å². The number of rotatable bonds is 4. The Bertz CT molecular complexity index is 639. The molecule has 22 heavy (non-hydrogen) atoms. The maximum Gasteiger partial charge on any atom is 0.272 e. The number of hydrogen-bond donors (Lipinski definition) is 1. The SMILES string of the molecule is Cl.Nc1ccc(C(=O)N(Cc2ccc(Cl)cc2)C2CC2)nc1. The van der Waals surface area contributed by atoms with Crippen molar-refractivity contribution >= 4 is 35.6 Å². The van der Waals surface area contributed by atoms with Crippen LogP contribution in [0.2, 0.25) is 5.02 Å². The van der Waals surface area contributed by atoms with E-state index in [1.54, 1.807) is 12.1 Å². The van der Waals surface area contributed by atoms with Gasteiger partial charge in [0.05, 0.1) is 11.9 Å². The lowest BCUT2D eigenvalue weighted by molar-refractivity contribution is 0.0724. The van der Waals surface area contributed by atoms with E-state index in [0.717, 1.165) is 18.4 Å². The molecule has 6 heteroatoms. The minimum absolute atomic E-state index is 0. The van der Waals surface area contributed by atoms with E-state index in [2.05, 4.69) is 4.98 Å². The van der Waals surface area contributed by atoms with Crippen LogP contribution in [-0.2, 0) is 6.54 Å². The van der Waals surface area contributed by atoms with Gasteiger partial charge in [-0.2, -0.15) is 0 Å². The number of aromatic nitrogens is 1. The molecule has 0 saturated heterocycles. The van der Waals surface area contributed by atoms with Gasteiger partial charge in [-0.05, 0) is 42.7 Å². The molecule has 0 bridgehead atoms. The van der Waals surface area contributed by atoms with E-state index in [4.69, 9.17) is 17.3 Å². The number of nitrogen functional groups attached to an aromatic ring is 1. The first kappa shape index (κ1) is 16.6. The van der Waals surface area contributed by atoms with Gasteiger partial charge in [-0.25, -0.2) is 4.98 Å². The Morgan fingerprint density at radius 1 is 1.23 bits per heavy atom. The number of nitrogens with zero attached hydrogens (tertiary/aromatic N) is 2. The van der Waals surface area contributed by atoms with E-state index in [1.807, 2.05) is 29.2 Å². The van der Waals surface area contributed by atoms with Crippen LogP contribution in [0.5, 0.6) is 0 Å². The molecule has 4 nitrogen and oxygen atoms in total. The number of halogens is 2. The predicted molar refractivity (Wildman–Crippen MR) is 90.2 cm³/mol. The molecule has 0 unspecified atom stereocenters. The first-order valence-electron chi connectivity index (χ1n) is 6.90. The summed E-state index contributed by atoms with van der Waals surface area (Å²) < 4.78 is 0. The normalized spacial score (nSPS) is 13.3. The van der Waals surface area contributed by atoms with Crippen LogP contribution in [0.3, 0.4) is 0 Å². The Labute approximate surface area is 140 Å². The summed E-state index contributed by atoms with van der Waals surface area (Å²) in [4.78, 5) is 18.6. The number of amides is 1. The van der Waals surface area contributed by atoms with Crippen LogP contribution in [0.25, 0.3) is 0 Å². The van der Waals surface area contributed by atoms with Gasteiger partial charge >= 0.3 is 0 Å². The lowest BCUT2D eigenvalue weighted by Gasteiger charge is -2.22. The van der Waals surface area contributed by atoms with Crippen molar-refractivity contribution in [3.05, 3.63) is 58.9 Å². The van der Waals surface area contributed by atoms with Crippen LogP contribution in [0, 0.1) is 0 Å². The predicted octanol–water partition coefficient (Wildman–Crippen LogP) is 3.54. The Balaban J connectivity index is 0.00000176. The lowest BCUT2D eigenvalue weighted by Crippen LogP contribution is -2.33. The largest absolute Gasteiger partial charge is 0.397 e. The molecule has 3 rings (SSSR count). The molecular formula is C16H17Cl2N3O. The van der Waals surface area contributed by atoms with E-state index in [-0.39, 0.29) is 18.3 Å². The fourth-order valence-electron chi connectivity index (χ4n) is 2.22. The minimum atomic E-state index is -0.0487. The number of carbonyl (C=O) groups is 1. The van der Waals surface area contributed by atoms with Gasteiger partial charge in [0, 0.05) is 17.6 Å². The summed E-state index contributed by atoms with van der Waals surface area (Å²) in [6.45, 7) is 0.576. The van der Waals surface area contributed by atoms with Crippen molar-refractivity contribution in [3.8, 4) is 0 Å². The zero-order chi connectivity index (χ0) is 14.8. The van der Waals surface area contributed by atoms with Crippen molar-refractivity contribution in [1.29, 1.82) is 0 Å². The second kappa shape index (κ2) is 6.99. The fourth-order valence-corrected chi connectivity index (χ4v) is 2.34. The monoisotopic (exact) mass is 337 g/mol. The van der Waals surface area contributed by atoms with Gasteiger partial charge in [-0.15, -0.1) is 12.4 Å². The average Bonchev–Trinajstić information content (AvgIpc) is 3.31. The molecule has 0 radical (unpaired) electrons. The molecule has 1 aliphatic carbocycles. The standard InChI is InChI=1S/C16H16ClN3O.ClH/c17-12-3-1-11(2-4-12)10-20(14-6-7-14)16(21)15-8-5-13(18)9-19-15;/h1-5,8-9,14H,6-7,10,18H2;1H. The van der Waals surface area contributed by atoms with Gasteiger partial charge < -0.3 is 10.6 Å². The number of benzene rings is 1. The van der Waals surface area contributed by atoms with Crippen molar-refractivity contribution < 1.29 is 4.79 Å².